The minimum Gasteiger partial charge on any atom is -0.352 e. The molecule has 0 unspecified atom stereocenters. The second-order valence-electron chi connectivity index (χ2n) is 3.02. The first-order valence-electron chi connectivity index (χ1n) is 4.19. The first-order chi connectivity index (χ1) is 7.30. The molecule has 0 fully saturated rings. The number of halogens is 4. The third-order valence-corrected chi connectivity index (χ3v) is 1.83. The molecule has 1 rings (SSSR count). The van der Waals surface area contributed by atoms with Gasteiger partial charge >= 0.3 is 12.2 Å². The molecule has 0 bridgehead atoms. The second-order valence-corrected chi connectivity index (χ2v) is 3.02. The van der Waals surface area contributed by atoms with Crippen LogP contribution >= 0.6 is 0 Å². The van der Waals surface area contributed by atoms with E-state index in [2.05, 4.69) is 5.32 Å². The predicted molar refractivity (Wildman–Crippen MR) is 47.8 cm³/mol. The summed E-state index contributed by atoms with van der Waals surface area (Å²) in [5.41, 5.74) is 3.60. The monoisotopic (exact) mass is 236 g/mol. The van der Waals surface area contributed by atoms with Gasteiger partial charge < -0.3 is 11.1 Å². The van der Waals surface area contributed by atoms with Crippen molar-refractivity contribution in [1.29, 1.82) is 0 Å². The topological polar surface area (TPSA) is 55.1 Å². The average molecular weight is 236 g/mol. The van der Waals surface area contributed by atoms with Crippen molar-refractivity contribution >= 4 is 6.03 Å². The van der Waals surface area contributed by atoms with E-state index in [4.69, 9.17) is 5.73 Å². The number of benzene rings is 1. The predicted octanol–water partition coefficient (Wildman–Crippen LogP) is 2.01. The summed E-state index contributed by atoms with van der Waals surface area (Å²) in [4.78, 5) is 10.3. The Balaban J connectivity index is 2.88. The smallest absolute Gasteiger partial charge is 0.352 e. The first kappa shape index (κ1) is 12.3. The van der Waals surface area contributed by atoms with Crippen molar-refractivity contribution in [3.63, 3.8) is 0 Å². The van der Waals surface area contributed by atoms with Crippen LogP contribution in [0.1, 0.15) is 11.1 Å². The first-order valence-corrected chi connectivity index (χ1v) is 4.19. The van der Waals surface area contributed by atoms with Gasteiger partial charge in [0, 0.05) is 12.1 Å². The third-order valence-electron chi connectivity index (χ3n) is 1.83. The molecule has 88 valence electrons. The van der Waals surface area contributed by atoms with Gasteiger partial charge in [0.15, 0.2) is 0 Å². The van der Waals surface area contributed by atoms with Gasteiger partial charge in [-0.2, -0.15) is 13.2 Å². The van der Waals surface area contributed by atoms with E-state index in [1.54, 1.807) is 0 Å². The summed E-state index contributed by atoms with van der Waals surface area (Å²) in [6.07, 6.45) is -4.59. The number of nitrogens with one attached hydrogen (secondary N) is 1. The molecule has 0 spiro atoms. The molecule has 0 heterocycles. The van der Waals surface area contributed by atoms with Crippen LogP contribution in [0.15, 0.2) is 18.2 Å². The second kappa shape index (κ2) is 4.38. The van der Waals surface area contributed by atoms with Crippen molar-refractivity contribution in [1.82, 2.24) is 5.32 Å². The van der Waals surface area contributed by atoms with Gasteiger partial charge in [-0.3, -0.25) is 0 Å². The Labute approximate surface area is 88.2 Å². The lowest BCUT2D eigenvalue weighted by Crippen LogP contribution is -2.29. The summed E-state index contributed by atoms with van der Waals surface area (Å²) in [6, 6.07) is 1.19. The molecule has 7 heteroatoms. The highest BCUT2D eigenvalue weighted by Gasteiger charge is 2.31. The Kier molecular flexibility index (Phi) is 3.36. The fraction of sp³-hybridized carbons (Fsp3) is 0.222. The van der Waals surface area contributed by atoms with E-state index in [0.717, 1.165) is 12.1 Å². The molecule has 0 aliphatic rings. The zero-order valence-corrected chi connectivity index (χ0v) is 7.94. The summed E-state index contributed by atoms with van der Waals surface area (Å²) in [5.74, 6) is -1.04. The highest BCUT2D eigenvalue weighted by molar-refractivity contribution is 5.71. The number of amides is 2. The number of carbonyl (C=O) groups is 1. The Morgan fingerprint density at radius 1 is 1.38 bits per heavy atom. The number of hydrogen-bond donors (Lipinski definition) is 2. The van der Waals surface area contributed by atoms with Crippen molar-refractivity contribution in [3.05, 3.63) is 35.1 Å². The highest BCUT2D eigenvalue weighted by Crippen LogP contribution is 2.30. The standard InChI is InChI=1S/C9H8F4N2O/c10-7-3-6(9(11,12)13)2-1-5(7)4-15-8(14)16/h1-3H,4H2,(H3,14,15,16). The average Bonchev–Trinajstić information content (AvgIpc) is 2.14. The molecular weight excluding hydrogens is 228 g/mol. The molecule has 0 aliphatic heterocycles. The number of carbonyl (C=O) groups excluding carboxylic acids is 1. The maximum atomic E-state index is 13.1. The lowest BCUT2D eigenvalue weighted by molar-refractivity contribution is -0.137. The number of alkyl halides is 3. The zero-order valence-electron chi connectivity index (χ0n) is 7.94. The molecule has 0 saturated heterocycles. The van der Waals surface area contributed by atoms with Gasteiger partial charge in [-0.05, 0) is 12.1 Å². The molecule has 16 heavy (non-hydrogen) atoms. The van der Waals surface area contributed by atoms with E-state index in [0.29, 0.717) is 6.07 Å². The zero-order chi connectivity index (χ0) is 12.3. The highest BCUT2D eigenvalue weighted by atomic mass is 19.4. The summed E-state index contributed by atoms with van der Waals surface area (Å²) in [6.45, 7) is -0.251. The molecule has 0 saturated carbocycles. The van der Waals surface area contributed by atoms with Crippen molar-refractivity contribution in [2.24, 2.45) is 5.73 Å². The van der Waals surface area contributed by atoms with E-state index in [9.17, 15) is 22.4 Å². The maximum absolute atomic E-state index is 13.1. The fourth-order valence-corrected chi connectivity index (χ4v) is 1.05. The van der Waals surface area contributed by atoms with Crippen LogP contribution in [-0.4, -0.2) is 6.03 Å². The minimum absolute atomic E-state index is 0.0631. The number of nitrogens with two attached hydrogens (primary N) is 1. The Morgan fingerprint density at radius 2 is 2.00 bits per heavy atom. The van der Waals surface area contributed by atoms with Crippen LogP contribution in [0.25, 0.3) is 0 Å². The van der Waals surface area contributed by atoms with Gasteiger partial charge in [0.2, 0.25) is 0 Å². The van der Waals surface area contributed by atoms with E-state index in [-0.39, 0.29) is 12.1 Å². The summed E-state index contributed by atoms with van der Waals surface area (Å²) in [7, 11) is 0. The fourth-order valence-electron chi connectivity index (χ4n) is 1.05. The normalized spacial score (nSPS) is 11.2. The van der Waals surface area contributed by atoms with E-state index < -0.39 is 23.6 Å². The van der Waals surface area contributed by atoms with Gasteiger partial charge in [-0.15, -0.1) is 0 Å². The SMILES string of the molecule is NC(=O)NCc1ccc(C(F)(F)F)cc1F. The van der Waals surface area contributed by atoms with Crippen LogP contribution in [0.5, 0.6) is 0 Å². The quantitative estimate of drug-likeness (QED) is 0.758. The van der Waals surface area contributed by atoms with Gasteiger partial charge in [0.1, 0.15) is 5.82 Å². The molecule has 0 aliphatic carbocycles. The largest absolute Gasteiger partial charge is 0.416 e. The van der Waals surface area contributed by atoms with E-state index in [1.165, 1.54) is 0 Å². The van der Waals surface area contributed by atoms with Gasteiger partial charge in [0.05, 0.1) is 5.56 Å². The van der Waals surface area contributed by atoms with Gasteiger partial charge in [0.25, 0.3) is 0 Å². The number of rotatable bonds is 2. The lowest BCUT2D eigenvalue weighted by Gasteiger charge is -2.09. The maximum Gasteiger partial charge on any atom is 0.416 e. The van der Waals surface area contributed by atoms with Crippen molar-refractivity contribution in [2.45, 2.75) is 12.7 Å². The van der Waals surface area contributed by atoms with Crippen LogP contribution in [0.3, 0.4) is 0 Å². The molecule has 1 aromatic rings. The van der Waals surface area contributed by atoms with Crippen LogP contribution in [0, 0.1) is 5.82 Å². The molecular formula is C9H8F4N2O. The Hall–Kier alpha value is -1.79. The summed E-state index contributed by atoms with van der Waals surface area (Å²) < 4.78 is 49.6. The minimum atomic E-state index is -4.59. The molecule has 0 radical (unpaired) electrons. The van der Waals surface area contributed by atoms with Crippen LogP contribution in [0.4, 0.5) is 22.4 Å². The third kappa shape index (κ3) is 3.11. The summed E-state index contributed by atoms with van der Waals surface area (Å²) in [5, 5.41) is 2.08. The molecule has 3 N–H and O–H groups in total. The van der Waals surface area contributed by atoms with Crippen molar-refractivity contribution < 1.29 is 22.4 Å². The van der Waals surface area contributed by atoms with E-state index >= 15 is 0 Å². The van der Waals surface area contributed by atoms with Gasteiger partial charge in [-0.25, -0.2) is 9.18 Å². The number of primary amides is 1. The Bertz CT molecular complexity index is 403. The molecule has 0 atom stereocenters. The lowest BCUT2D eigenvalue weighted by atomic mass is 10.1. The number of hydrogen-bond acceptors (Lipinski definition) is 1. The molecule has 2 amide bonds. The van der Waals surface area contributed by atoms with Crippen molar-refractivity contribution in [3.8, 4) is 0 Å². The van der Waals surface area contributed by atoms with Crippen molar-refractivity contribution in [2.75, 3.05) is 0 Å². The van der Waals surface area contributed by atoms with Crippen LogP contribution < -0.4 is 11.1 Å². The Morgan fingerprint density at radius 3 is 2.44 bits per heavy atom. The van der Waals surface area contributed by atoms with Gasteiger partial charge in [-0.1, -0.05) is 6.07 Å². The summed E-state index contributed by atoms with van der Waals surface area (Å²) >= 11 is 0. The molecule has 0 aromatic heterocycles. The number of urea groups is 1. The van der Waals surface area contributed by atoms with Crippen LogP contribution in [0.2, 0.25) is 0 Å². The molecule has 3 nitrogen and oxygen atoms in total. The van der Waals surface area contributed by atoms with E-state index in [1.807, 2.05) is 0 Å². The molecule has 1 aromatic carbocycles. The van der Waals surface area contributed by atoms with Crippen LogP contribution in [-0.2, 0) is 12.7 Å².